The van der Waals surface area contributed by atoms with E-state index in [1.165, 1.54) is 112 Å². The van der Waals surface area contributed by atoms with Gasteiger partial charge in [-0.15, -0.1) is 0 Å². The Balaban J connectivity index is 1.26. The van der Waals surface area contributed by atoms with Crippen molar-refractivity contribution in [1.82, 2.24) is 0 Å². The lowest BCUT2D eigenvalue weighted by atomic mass is 9.59. The van der Waals surface area contributed by atoms with Crippen molar-refractivity contribution in [2.24, 2.45) is 5.92 Å². The summed E-state index contributed by atoms with van der Waals surface area (Å²) in [4.78, 5) is 2.54. The SMILES string of the molecule is Cc1ccccc1-c1c(N(c2ccc(C34CCCC(CCC3)C4)cc2)c2ccc3c(c2)C(C)(C)c2ccccc2-3)ccc2ccccc12. The van der Waals surface area contributed by atoms with Crippen molar-refractivity contribution in [2.75, 3.05) is 4.90 Å². The third kappa shape index (κ3) is 4.58. The molecule has 9 rings (SSSR count). The molecule has 48 heavy (non-hydrogen) atoms. The lowest BCUT2D eigenvalue weighted by Crippen LogP contribution is -2.36. The first-order valence-corrected chi connectivity index (χ1v) is 18.2. The predicted octanol–water partition coefficient (Wildman–Crippen LogP) is 13.2. The molecule has 0 saturated heterocycles. The van der Waals surface area contributed by atoms with E-state index in [1.807, 2.05) is 0 Å². The van der Waals surface area contributed by atoms with E-state index in [-0.39, 0.29) is 5.41 Å². The molecule has 2 bridgehead atoms. The van der Waals surface area contributed by atoms with Crippen LogP contribution < -0.4 is 4.90 Å². The standard InChI is InChI=1S/C47H45N/c1-32-12-4-6-16-38(32)45-39-17-7-5-15-34(39)20-27-44(45)48(36-23-21-35(22-24-36)47-28-10-13-33(31-47)14-11-29-47)37-25-26-41-40-18-8-9-19-42(40)46(2,3)43(41)30-37/h4-9,12,15-27,30,33H,10-11,13-14,28-29,31H2,1-3H3. The van der Waals surface area contributed by atoms with Crippen molar-refractivity contribution in [2.45, 2.75) is 76.5 Å². The highest BCUT2D eigenvalue weighted by Crippen LogP contribution is 2.53. The lowest BCUT2D eigenvalue weighted by Gasteiger charge is -2.46. The summed E-state index contributed by atoms with van der Waals surface area (Å²) < 4.78 is 0. The third-order valence-corrected chi connectivity index (χ3v) is 12.3. The number of anilines is 3. The molecule has 0 atom stereocenters. The first-order valence-electron chi connectivity index (χ1n) is 18.2. The van der Waals surface area contributed by atoms with Gasteiger partial charge in [0.15, 0.2) is 0 Å². The van der Waals surface area contributed by atoms with E-state index in [1.54, 1.807) is 5.56 Å². The number of hydrogen-bond donors (Lipinski definition) is 0. The summed E-state index contributed by atoms with van der Waals surface area (Å²) in [5.74, 6) is 0.914. The Morgan fingerprint density at radius 2 is 1.27 bits per heavy atom. The molecule has 0 aromatic heterocycles. The third-order valence-electron chi connectivity index (χ3n) is 12.3. The van der Waals surface area contributed by atoms with Crippen LogP contribution in [0.5, 0.6) is 0 Å². The van der Waals surface area contributed by atoms with Crippen LogP contribution in [0.3, 0.4) is 0 Å². The molecular weight excluding hydrogens is 579 g/mol. The second-order valence-electron chi connectivity index (χ2n) is 15.4. The maximum atomic E-state index is 2.54. The van der Waals surface area contributed by atoms with Gasteiger partial charge in [0.25, 0.3) is 0 Å². The van der Waals surface area contributed by atoms with Gasteiger partial charge < -0.3 is 4.90 Å². The minimum absolute atomic E-state index is 0.0721. The predicted molar refractivity (Wildman–Crippen MR) is 204 cm³/mol. The van der Waals surface area contributed by atoms with Crippen LogP contribution in [0.15, 0.2) is 127 Å². The summed E-state index contributed by atoms with van der Waals surface area (Å²) in [5, 5.41) is 2.55. The molecule has 1 nitrogen and oxygen atoms in total. The van der Waals surface area contributed by atoms with Crippen molar-refractivity contribution in [3.63, 3.8) is 0 Å². The number of fused-ring (bicyclic) bond motifs is 6. The highest BCUT2D eigenvalue weighted by Gasteiger charge is 2.40. The summed E-state index contributed by atoms with van der Waals surface area (Å²) in [6.07, 6.45) is 9.67. The summed E-state index contributed by atoms with van der Waals surface area (Å²) in [7, 11) is 0. The zero-order chi connectivity index (χ0) is 32.5. The second kappa shape index (κ2) is 11.2. The number of hydrogen-bond acceptors (Lipinski definition) is 1. The fraction of sp³-hybridized carbons (Fsp3) is 0.277. The molecule has 0 unspecified atom stereocenters. The van der Waals surface area contributed by atoms with Crippen molar-refractivity contribution in [3.05, 3.63) is 150 Å². The Hall–Kier alpha value is -4.62. The first-order chi connectivity index (χ1) is 23.4. The van der Waals surface area contributed by atoms with Crippen molar-refractivity contribution >= 4 is 27.8 Å². The van der Waals surface area contributed by atoms with E-state index in [2.05, 4.69) is 153 Å². The molecule has 0 N–H and O–H groups in total. The molecule has 0 radical (unpaired) electrons. The molecule has 0 spiro atoms. The molecule has 238 valence electrons. The van der Waals surface area contributed by atoms with Crippen LogP contribution in [-0.2, 0) is 10.8 Å². The summed E-state index contributed by atoms with van der Waals surface area (Å²) in [5.41, 5.74) is 14.9. The molecule has 6 aromatic rings. The van der Waals surface area contributed by atoms with Gasteiger partial charge in [0.2, 0.25) is 0 Å². The van der Waals surface area contributed by atoms with Crippen molar-refractivity contribution < 1.29 is 0 Å². The van der Waals surface area contributed by atoms with Crippen LogP contribution in [0.1, 0.15) is 81.0 Å². The van der Waals surface area contributed by atoms with Gasteiger partial charge in [0.1, 0.15) is 0 Å². The minimum atomic E-state index is -0.0721. The van der Waals surface area contributed by atoms with Crippen LogP contribution in [0.2, 0.25) is 0 Å². The fourth-order valence-electron chi connectivity index (χ4n) is 9.90. The van der Waals surface area contributed by atoms with Crippen LogP contribution in [0.25, 0.3) is 33.0 Å². The van der Waals surface area contributed by atoms with Gasteiger partial charge in [-0.25, -0.2) is 0 Å². The zero-order valence-electron chi connectivity index (χ0n) is 28.6. The van der Waals surface area contributed by atoms with Crippen LogP contribution in [-0.4, -0.2) is 0 Å². The Morgan fingerprint density at radius 3 is 2.06 bits per heavy atom. The molecule has 3 aliphatic carbocycles. The van der Waals surface area contributed by atoms with Gasteiger partial charge in [-0.1, -0.05) is 137 Å². The van der Waals surface area contributed by atoms with E-state index in [9.17, 15) is 0 Å². The van der Waals surface area contributed by atoms with Gasteiger partial charge in [-0.2, -0.15) is 0 Å². The number of aryl methyl sites for hydroxylation is 1. The highest BCUT2D eigenvalue weighted by atomic mass is 15.1. The van der Waals surface area contributed by atoms with E-state index in [4.69, 9.17) is 0 Å². The Morgan fingerprint density at radius 1 is 0.604 bits per heavy atom. The number of benzene rings is 6. The Labute approximate surface area is 286 Å². The monoisotopic (exact) mass is 623 g/mol. The van der Waals surface area contributed by atoms with Crippen LogP contribution >= 0.6 is 0 Å². The van der Waals surface area contributed by atoms with E-state index in [0.29, 0.717) is 5.41 Å². The van der Waals surface area contributed by atoms with E-state index < -0.39 is 0 Å². The first kappa shape index (κ1) is 29.5. The topological polar surface area (TPSA) is 3.24 Å². The molecule has 2 saturated carbocycles. The molecule has 2 fully saturated rings. The van der Waals surface area contributed by atoms with E-state index >= 15 is 0 Å². The van der Waals surface area contributed by atoms with Gasteiger partial charge in [-0.05, 0) is 118 Å². The van der Waals surface area contributed by atoms with Gasteiger partial charge in [0.05, 0.1) is 5.69 Å². The molecule has 1 heteroatoms. The molecular formula is C47H45N. The maximum absolute atomic E-state index is 2.54. The summed E-state index contributed by atoms with van der Waals surface area (Å²) in [6, 6.07) is 48.4. The molecule has 3 aliphatic rings. The smallest absolute Gasteiger partial charge is 0.0546 e. The quantitative estimate of drug-likeness (QED) is 0.185. The lowest BCUT2D eigenvalue weighted by molar-refractivity contribution is 0.149. The van der Waals surface area contributed by atoms with Crippen LogP contribution in [0.4, 0.5) is 17.1 Å². The zero-order valence-corrected chi connectivity index (χ0v) is 28.6. The molecule has 6 aromatic carbocycles. The van der Waals surface area contributed by atoms with Gasteiger partial charge >= 0.3 is 0 Å². The maximum Gasteiger partial charge on any atom is 0.0546 e. The average Bonchev–Trinajstić information content (AvgIpc) is 3.35. The van der Waals surface area contributed by atoms with Gasteiger partial charge in [-0.3, -0.25) is 0 Å². The number of rotatable bonds is 5. The summed E-state index contributed by atoms with van der Waals surface area (Å²) >= 11 is 0. The Bertz CT molecular complexity index is 2160. The molecule has 0 amide bonds. The fourth-order valence-corrected chi connectivity index (χ4v) is 9.90. The summed E-state index contributed by atoms with van der Waals surface area (Å²) in [6.45, 7) is 7.02. The number of nitrogens with zero attached hydrogens (tertiary/aromatic N) is 1. The normalized spacial score (nSPS) is 20.7. The van der Waals surface area contributed by atoms with Crippen LogP contribution in [0, 0.1) is 12.8 Å². The van der Waals surface area contributed by atoms with E-state index in [0.717, 1.165) is 5.92 Å². The highest BCUT2D eigenvalue weighted by molar-refractivity contribution is 6.06. The average molecular weight is 624 g/mol. The molecule has 0 aliphatic heterocycles. The van der Waals surface area contributed by atoms with Crippen molar-refractivity contribution in [1.29, 1.82) is 0 Å². The minimum Gasteiger partial charge on any atom is -0.310 e. The Kier molecular flexibility index (Phi) is 6.91. The largest absolute Gasteiger partial charge is 0.310 e. The van der Waals surface area contributed by atoms with Crippen molar-refractivity contribution in [3.8, 4) is 22.3 Å². The molecule has 0 heterocycles. The second-order valence-corrected chi connectivity index (χ2v) is 15.4. The van der Waals surface area contributed by atoms with Gasteiger partial charge in [0, 0.05) is 22.4 Å².